The molecule has 0 aliphatic heterocycles. The van der Waals surface area contributed by atoms with Crippen molar-refractivity contribution in [3.63, 3.8) is 0 Å². The average molecular weight is 349 g/mol. The third kappa shape index (κ3) is 2.26. The summed E-state index contributed by atoms with van der Waals surface area (Å²) in [4.78, 5) is 4.88. The Kier molecular flexibility index (Phi) is 3.48. The van der Waals surface area contributed by atoms with Gasteiger partial charge in [-0.1, -0.05) is 42.5 Å². The highest BCUT2D eigenvalue weighted by Crippen LogP contribution is 2.40. The molecule has 27 heavy (non-hydrogen) atoms. The number of aromatic nitrogens is 2. The maximum absolute atomic E-state index is 4.88. The normalized spacial score (nSPS) is 11.5. The zero-order valence-electron chi connectivity index (χ0n) is 15.8. The number of nitrogens with zero attached hydrogens (tertiary/aromatic N) is 2. The molecular weight excluding hydrogens is 328 g/mol. The van der Waals surface area contributed by atoms with Gasteiger partial charge in [-0.05, 0) is 48.2 Å². The summed E-state index contributed by atoms with van der Waals surface area (Å²) in [5.74, 6) is 0. The van der Waals surface area contributed by atoms with Crippen molar-refractivity contribution in [2.45, 2.75) is 13.8 Å². The molecule has 0 atom stereocenters. The molecule has 2 nitrogen and oxygen atoms in total. The quantitative estimate of drug-likeness (QED) is 0.282. The van der Waals surface area contributed by atoms with E-state index in [1.54, 1.807) is 0 Å². The van der Waals surface area contributed by atoms with Gasteiger partial charge in [-0.15, -0.1) is 0 Å². The van der Waals surface area contributed by atoms with Crippen LogP contribution >= 0.6 is 0 Å². The van der Waals surface area contributed by atoms with Crippen LogP contribution in [-0.2, 0) is 7.05 Å². The highest BCUT2D eigenvalue weighted by atomic mass is 14.9. The van der Waals surface area contributed by atoms with Gasteiger partial charge in [-0.25, -0.2) is 4.57 Å². The number of aryl methyl sites for hydroxylation is 3. The predicted molar refractivity (Wildman–Crippen MR) is 113 cm³/mol. The summed E-state index contributed by atoms with van der Waals surface area (Å²) in [5, 5.41) is 5.08. The van der Waals surface area contributed by atoms with E-state index in [-0.39, 0.29) is 0 Å². The maximum atomic E-state index is 4.88. The first kappa shape index (κ1) is 16.0. The van der Waals surface area contributed by atoms with Crippen LogP contribution in [0.4, 0.5) is 0 Å². The molecule has 0 aliphatic carbocycles. The van der Waals surface area contributed by atoms with E-state index in [9.17, 15) is 0 Å². The van der Waals surface area contributed by atoms with Gasteiger partial charge in [0.2, 0.25) is 5.52 Å². The third-order valence-corrected chi connectivity index (χ3v) is 5.58. The van der Waals surface area contributed by atoms with Gasteiger partial charge < -0.3 is 0 Å². The van der Waals surface area contributed by atoms with Crippen LogP contribution in [0.15, 0.2) is 73.1 Å². The molecule has 130 valence electrons. The van der Waals surface area contributed by atoms with E-state index in [4.69, 9.17) is 4.98 Å². The molecule has 2 heterocycles. The molecule has 0 amide bonds. The summed E-state index contributed by atoms with van der Waals surface area (Å²) in [6.45, 7) is 4.38. The average Bonchev–Trinajstić information content (AvgIpc) is 2.69. The Morgan fingerprint density at radius 3 is 2.33 bits per heavy atom. The summed E-state index contributed by atoms with van der Waals surface area (Å²) < 4.78 is 2.22. The van der Waals surface area contributed by atoms with Crippen LogP contribution in [0.1, 0.15) is 11.1 Å². The SMILES string of the molecule is Cc1ccc(-c2ccccc2)c2c3nccc(C)c3c3c(ccc[n+]3C)c12. The third-order valence-electron chi connectivity index (χ3n) is 5.58. The molecule has 5 rings (SSSR count). The van der Waals surface area contributed by atoms with E-state index in [1.807, 2.05) is 6.20 Å². The first-order valence-electron chi connectivity index (χ1n) is 9.31. The first-order valence-corrected chi connectivity index (χ1v) is 9.31. The van der Waals surface area contributed by atoms with Crippen molar-refractivity contribution in [2.75, 3.05) is 0 Å². The molecule has 3 aromatic carbocycles. The molecule has 0 spiro atoms. The lowest BCUT2D eigenvalue weighted by atomic mass is 9.89. The van der Waals surface area contributed by atoms with Gasteiger partial charge in [0.15, 0.2) is 6.20 Å². The summed E-state index contributed by atoms with van der Waals surface area (Å²) in [7, 11) is 2.12. The lowest BCUT2D eigenvalue weighted by Crippen LogP contribution is -2.28. The van der Waals surface area contributed by atoms with Gasteiger partial charge in [0.1, 0.15) is 7.05 Å². The molecule has 0 N–H and O–H groups in total. The van der Waals surface area contributed by atoms with Gasteiger partial charge in [0.05, 0.1) is 16.3 Å². The van der Waals surface area contributed by atoms with Crippen LogP contribution in [0, 0.1) is 13.8 Å². The van der Waals surface area contributed by atoms with Gasteiger partial charge >= 0.3 is 0 Å². The van der Waals surface area contributed by atoms with Crippen molar-refractivity contribution in [3.05, 3.63) is 84.2 Å². The topological polar surface area (TPSA) is 16.8 Å². The van der Waals surface area contributed by atoms with Crippen LogP contribution < -0.4 is 4.57 Å². The summed E-state index contributed by atoms with van der Waals surface area (Å²) >= 11 is 0. The van der Waals surface area contributed by atoms with Crippen molar-refractivity contribution in [1.29, 1.82) is 0 Å². The van der Waals surface area contributed by atoms with Gasteiger partial charge in [0.25, 0.3) is 0 Å². The zero-order chi connectivity index (χ0) is 18.5. The highest BCUT2D eigenvalue weighted by Gasteiger charge is 2.21. The minimum atomic E-state index is 1.09. The van der Waals surface area contributed by atoms with E-state index >= 15 is 0 Å². The summed E-state index contributed by atoms with van der Waals surface area (Å²) in [6, 6.07) is 21.6. The molecule has 5 aromatic rings. The maximum Gasteiger partial charge on any atom is 0.222 e. The smallest absolute Gasteiger partial charge is 0.222 e. The van der Waals surface area contributed by atoms with Crippen molar-refractivity contribution in [1.82, 2.24) is 4.98 Å². The van der Waals surface area contributed by atoms with Crippen LogP contribution in [0.3, 0.4) is 0 Å². The zero-order valence-corrected chi connectivity index (χ0v) is 15.8. The van der Waals surface area contributed by atoms with E-state index in [0.29, 0.717) is 0 Å². The number of benzene rings is 3. The van der Waals surface area contributed by atoms with Crippen LogP contribution in [0.2, 0.25) is 0 Å². The standard InChI is InChI=1S/C25H21N2/c1-16-11-12-19(18-8-5-4-6-9-18)23-21(16)20-10-7-15-27(3)25(20)22-17(2)13-14-26-24(22)23/h4-15H,1-3H3/q+1. The van der Waals surface area contributed by atoms with Crippen LogP contribution in [0.25, 0.3) is 43.7 Å². The van der Waals surface area contributed by atoms with E-state index < -0.39 is 0 Å². The summed E-state index contributed by atoms with van der Waals surface area (Å²) in [5.41, 5.74) is 7.35. The Hall–Kier alpha value is -3.26. The van der Waals surface area contributed by atoms with E-state index in [0.717, 1.165) is 5.52 Å². The molecule has 2 heteroatoms. The van der Waals surface area contributed by atoms with Crippen molar-refractivity contribution in [3.8, 4) is 11.1 Å². The van der Waals surface area contributed by atoms with E-state index in [1.165, 1.54) is 49.3 Å². The molecular formula is C25H21N2+. The van der Waals surface area contributed by atoms with Crippen LogP contribution in [0.5, 0.6) is 0 Å². The number of pyridine rings is 2. The molecule has 0 fully saturated rings. The highest BCUT2D eigenvalue weighted by molar-refractivity contribution is 6.27. The molecule has 0 unspecified atom stereocenters. The number of rotatable bonds is 1. The molecule has 0 radical (unpaired) electrons. The van der Waals surface area contributed by atoms with Crippen molar-refractivity contribution < 1.29 is 4.57 Å². The Balaban J connectivity index is 2.16. The second kappa shape index (κ2) is 5.88. The predicted octanol–water partition coefficient (Wildman–Crippen LogP) is 5.65. The Labute approximate surface area is 158 Å². The second-order valence-electron chi connectivity index (χ2n) is 7.28. The minimum absolute atomic E-state index is 1.09. The lowest BCUT2D eigenvalue weighted by molar-refractivity contribution is -0.644. The van der Waals surface area contributed by atoms with Crippen LogP contribution in [-0.4, -0.2) is 4.98 Å². The molecule has 0 saturated carbocycles. The van der Waals surface area contributed by atoms with Gasteiger partial charge in [-0.2, -0.15) is 0 Å². The van der Waals surface area contributed by atoms with Crippen molar-refractivity contribution in [2.24, 2.45) is 7.05 Å². The molecule has 0 aliphatic rings. The van der Waals surface area contributed by atoms with Gasteiger partial charge in [-0.3, -0.25) is 4.98 Å². The van der Waals surface area contributed by atoms with E-state index in [2.05, 4.69) is 92.3 Å². The fourth-order valence-corrected chi connectivity index (χ4v) is 4.33. The fourth-order valence-electron chi connectivity index (χ4n) is 4.33. The second-order valence-corrected chi connectivity index (χ2v) is 7.28. The Morgan fingerprint density at radius 2 is 1.52 bits per heavy atom. The minimum Gasteiger partial charge on any atom is -0.255 e. The van der Waals surface area contributed by atoms with Crippen molar-refractivity contribution >= 4 is 32.6 Å². The monoisotopic (exact) mass is 349 g/mol. The molecule has 0 bridgehead atoms. The molecule has 0 saturated heterocycles. The van der Waals surface area contributed by atoms with Gasteiger partial charge in [0, 0.05) is 23.0 Å². The Morgan fingerprint density at radius 1 is 0.741 bits per heavy atom. The number of hydrogen-bond donors (Lipinski definition) is 0. The number of hydrogen-bond acceptors (Lipinski definition) is 1. The first-order chi connectivity index (χ1) is 13.2. The molecule has 2 aromatic heterocycles. The Bertz CT molecular complexity index is 1340. The number of fused-ring (bicyclic) bond motifs is 6. The summed E-state index contributed by atoms with van der Waals surface area (Å²) in [6.07, 6.45) is 4.05. The lowest BCUT2D eigenvalue weighted by Gasteiger charge is -2.15. The fraction of sp³-hybridized carbons (Fsp3) is 0.120. The largest absolute Gasteiger partial charge is 0.255 e.